The summed E-state index contributed by atoms with van der Waals surface area (Å²) in [5.74, 6) is 0.603. The largest absolute Gasteiger partial charge is 0.496 e. The molecule has 0 aromatic heterocycles. The maximum Gasteiger partial charge on any atom is 0.137 e. The first-order valence-corrected chi connectivity index (χ1v) is 7.60. The van der Waals surface area contributed by atoms with Gasteiger partial charge in [0.05, 0.1) is 11.6 Å². The fourth-order valence-electron chi connectivity index (χ4n) is 2.42. The topological polar surface area (TPSA) is 21.3 Å². The van der Waals surface area contributed by atoms with Crippen LogP contribution in [0.1, 0.15) is 22.7 Å². The Morgan fingerprint density at radius 3 is 2.71 bits per heavy atom. The predicted molar refractivity (Wildman–Crippen MR) is 87.3 cm³/mol. The monoisotopic (exact) mass is 351 g/mol. The Labute approximate surface area is 133 Å². The third-order valence-electron chi connectivity index (χ3n) is 3.56. The number of ether oxygens (including phenoxy) is 1. The van der Waals surface area contributed by atoms with E-state index in [-0.39, 0.29) is 11.9 Å². The summed E-state index contributed by atoms with van der Waals surface area (Å²) in [6.07, 6.45) is 0.675. The number of benzene rings is 2. The second-order valence-electron chi connectivity index (χ2n) is 5.00. The first kappa shape index (κ1) is 16.0. The number of hydrogen-bond acceptors (Lipinski definition) is 2. The zero-order chi connectivity index (χ0) is 15.4. The molecule has 0 fully saturated rings. The second-order valence-corrected chi connectivity index (χ2v) is 5.80. The van der Waals surface area contributed by atoms with E-state index in [2.05, 4.69) is 27.3 Å². The van der Waals surface area contributed by atoms with Crippen LogP contribution in [0.2, 0.25) is 0 Å². The van der Waals surface area contributed by atoms with E-state index in [0.29, 0.717) is 10.9 Å². The van der Waals surface area contributed by atoms with E-state index in [1.807, 2.05) is 32.2 Å². The quantitative estimate of drug-likeness (QED) is 0.861. The summed E-state index contributed by atoms with van der Waals surface area (Å²) in [6, 6.07) is 11.3. The molecule has 1 N–H and O–H groups in total. The van der Waals surface area contributed by atoms with Gasteiger partial charge in [-0.3, -0.25) is 0 Å². The number of methoxy groups -OCH3 is 1. The van der Waals surface area contributed by atoms with Gasteiger partial charge < -0.3 is 10.1 Å². The van der Waals surface area contributed by atoms with Crippen LogP contribution in [0.25, 0.3) is 0 Å². The van der Waals surface area contributed by atoms with Crippen LogP contribution in [0, 0.1) is 12.7 Å². The summed E-state index contributed by atoms with van der Waals surface area (Å²) in [7, 11) is 3.57. The lowest BCUT2D eigenvalue weighted by atomic mass is 9.96. The summed E-state index contributed by atoms with van der Waals surface area (Å²) in [5.41, 5.74) is 3.18. The minimum atomic E-state index is -0.237. The van der Waals surface area contributed by atoms with Gasteiger partial charge in [0.15, 0.2) is 0 Å². The van der Waals surface area contributed by atoms with Gasteiger partial charge in [-0.1, -0.05) is 29.8 Å². The third-order valence-corrected chi connectivity index (χ3v) is 4.45. The molecule has 0 aliphatic heterocycles. The number of aryl methyl sites for hydroxylation is 1. The highest BCUT2D eigenvalue weighted by molar-refractivity contribution is 9.10. The van der Waals surface area contributed by atoms with Crippen LogP contribution in [0.5, 0.6) is 5.75 Å². The number of nitrogens with one attached hydrogen (secondary N) is 1. The average Bonchev–Trinajstić information content (AvgIpc) is 2.49. The highest BCUT2D eigenvalue weighted by atomic mass is 79.9. The number of hydrogen-bond donors (Lipinski definition) is 1. The van der Waals surface area contributed by atoms with E-state index in [1.165, 1.54) is 11.6 Å². The van der Waals surface area contributed by atoms with E-state index >= 15 is 0 Å². The fraction of sp³-hybridized carbons (Fsp3) is 0.294. The molecule has 0 spiro atoms. The molecule has 2 rings (SSSR count). The molecule has 0 aliphatic carbocycles. The van der Waals surface area contributed by atoms with Crippen LogP contribution in [0.15, 0.2) is 40.9 Å². The van der Waals surface area contributed by atoms with E-state index in [9.17, 15) is 4.39 Å². The molecule has 4 heteroatoms. The molecule has 0 aliphatic rings. The zero-order valence-corrected chi connectivity index (χ0v) is 14.0. The van der Waals surface area contributed by atoms with E-state index in [0.717, 1.165) is 16.9 Å². The van der Waals surface area contributed by atoms with Crippen LogP contribution in [0.3, 0.4) is 0 Å². The van der Waals surface area contributed by atoms with E-state index in [1.54, 1.807) is 13.2 Å². The molecule has 0 radical (unpaired) electrons. The summed E-state index contributed by atoms with van der Waals surface area (Å²) >= 11 is 3.33. The molecular weight excluding hydrogens is 333 g/mol. The van der Waals surface area contributed by atoms with E-state index in [4.69, 9.17) is 4.74 Å². The molecule has 2 aromatic rings. The van der Waals surface area contributed by atoms with Gasteiger partial charge >= 0.3 is 0 Å². The molecule has 21 heavy (non-hydrogen) atoms. The molecule has 1 unspecified atom stereocenters. The van der Waals surface area contributed by atoms with Gasteiger partial charge in [-0.05, 0) is 54.0 Å². The van der Waals surface area contributed by atoms with Crippen molar-refractivity contribution in [1.29, 1.82) is 0 Å². The highest BCUT2D eigenvalue weighted by Crippen LogP contribution is 2.31. The third kappa shape index (κ3) is 3.63. The Bertz CT molecular complexity index is 630. The Morgan fingerprint density at radius 2 is 2.05 bits per heavy atom. The standard InChI is InChI=1S/C17H19BrFNO/c1-11-7-8-16(21-3)13(9-11)15(20-2)10-12-5-4-6-14(19)17(12)18/h4-9,15,20H,10H2,1-3H3. The molecule has 0 saturated heterocycles. The number of halogens is 2. The molecule has 112 valence electrons. The lowest BCUT2D eigenvalue weighted by molar-refractivity contribution is 0.401. The smallest absolute Gasteiger partial charge is 0.137 e. The predicted octanol–water partition coefficient (Wildman–Crippen LogP) is 4.41. The average molecular weight is 352 g/mol. The van der Waals surface area contributed by atoms with Crippen LogP contribution < -0.4 is 10.1 Å². The van der Waals surface area contributed by atoms with Gasteiger partial charge in [-0.25, -0.2) is 4.39 Å². The summed E-state index contributed by atoms with van der Waals surface area (Å²) in [4.78, 5) is 0. The lowest BCUT2D eigenvalue weighted by Gasteiger charge is -2.21. The van der Waals surface area contributed by atoms with Crippen LogP contribution >= 0.6 is 15.9 Å². The minimum absolute atomic E-state index is 0.0537. The molecule has 0 amide bonds. The molecule has 0 bridgehead atoms. The molecule has 0 saturated carbocycles. The van der Waals surface area contributed by atoms with Crippen molar-refractivity contribution >= 4 is 15.9 Å². The van der Waals surface area contributed by atoms with Gasteiger partial charge in [0.2, 0.25) is 0 Å². The summed E-state index contributed by atoms with van der Waals surface area (Å²) in [6.45, 7) is 2.05. The molecule has 2 aromatic carbocycles. The summed E-state index contributed by atoms with van der Waals surface area (Å²) < 4.78 is 19.6. The van der Waals surface area contributed by atoms with Crippen molar-refractivity contribution in [3.8, 4) is 5.75 Å². The first-order chi connectivity index (χ1) is 10.1. The van der Waals surface area contributed by atoms with E-state index < -0.39 is 0 Å². The van der Waals surface area contributed by atoms with Gasteiger partial charge in [0, 0.05) is 11.6 Å². The second kappa shape index (κ2) is 7.05. The van der Waals surface area contributed by atoms with Gasteiger partial charge in [-0.2, -0.15) is 0 Å². The molecule has 0 heterocycles. The molecular formula is C17H19BrFNO. The zero-order valence-electron chi connectivity index (χ0n) is 12.4. The van der Waals surface area contributed by atoms with Crippen molar-refractivity contribution in [3.63, 3.8) is 0 Å². The van der Waals surface area contributed by atoms with Crippen molar-refractivity contribution in [1.82, 2.24) is 5.32 Å². The van der Waals surface area contributed by atoms with Gasteiger partial charge in [-0.15, -0.1) is 0 Å². The number of rotatable bonds is 5. The summed E-state index contributed by atoms with van der Waals surface area (Å²) in [5, 5.41) is 3.29. The van der Waals surface area contributed by atoms with Crippen LogP contribution in [-0.2, 0) is 6.42 Å². The lowest BCUT2D eigenvalue weighted by Crippen LogP contribution is -2.20. The van der Waals surface area contributed by atoms with Crippen molar-refractivity contribution in [2.45, 2.75) is 19.4 Å². The van der Waals surface area contributed by atoms with Gasteiger partial charge in [0.1, 0.15) is 11.6 Å². The van der Waals surface area contributed by atoms with Crippen molar-refractivity contribution < 1.29 is 9.13 Å². The Morgan fingerprint density at radius 1 is 1.29 bits per heavy atom. The van der Waals surface area contributed by atoms with Gasteiger partial charge in [0.25, 0.3) is 0 Å². The highest BCUT2D eigenvalue weighted by Gasteiger charge is 2.17. The Balaban J connectivity index is 2.36. The Hall–Kier alpha value is -1.39. The Kier molecular flexibility index (Phi) is 5.37. The number of likely N-dealkylation sites (N-methyl/N-ethyl adjacent to an activating group) is 1. The molecule has 1 atom stereocenters. The maximum absolute atomic E-state index is 13.7. The first-order valence-electron chi connectivity index (χ1n) is 6.81. The van der Waals surface area contributed by atoms with Crippen LogP contribution in [0.4, 0.5) is 4.39 Å². The minimum Gasteiger partial charge on any atom is -0.496 e. The fourth-order valence-corrected chi connectivity index (χ4v) is 2.85. The normalized spacial score (nSPS) is 12.2. The maximum atomic E-state index is 13.7. The van der Waals surface area contributed by atoms with Crippen molar-refractivity contribution in [2.24, 2.45) is 0 Å². The van der Waals surface area contributed by atoms with Crippen molar-refractivity contribution in [2.75, 3.05) is 14.2 Å². The van der Waals surface area contributed by atoms with Crippen LogP contribution in [-0.4, -0.2) is 14.2 Å². The van der Waals surface area contributed by atoms with Crippen molar-refractivity contribution in [3.05, 3.63) is 63.4 Å². The molecule has 2 nitrogen and oxygen atoms in total. The SMILES string of the molecule is CNC(Cc1cccc(F)c1Br)c1cc(C)ccc1OC.